The van der Waals surface area contributed by atoms with Crippen LogP contribution in [0.15, 0.2) is 46.9 Å². The quantitative estimate of drug-likeness (QED) is 0.818. The summed E-state index contributed by atoms with van der Waals surface area (Å²) in [7, 11) is 0. The molecule has 0 bridgehead atoms. The van der Waals surface area contributed by atoms with Gasteiger partial charge in [-0.25, -0.2) is 0 Å². The van der Waals surface area contributed by atoms with Crippen LogP contribution in [0.2, 0.25) is 0 Å². The second-order valence-corrected chi connectivity index (χ2v) is 5.08. The van der Waals surface area contributed by atoms with Crippen molar-refractivity contribution in [3.05, 3.63) is 48.2 Å². The molecule has 0 unspecified atom stereocenters. The highest BCUT2D eigenvalue weighted by Crippen LogP contribution is 2.23. The lowest BCUT2D eigenvalue weighted by Crippen LogP contribution is -2.40. The zero-order chi connectivity index (χ0) is 15.2. The van der Waals surface area contributed by atoms with Crippen LogP contribution >= 0.6 is 0 Å². The molecule has 2 aromatic rings. The van der Waals surface area contributed by atoms with Crippen LogP contribution in [0.3, 0.4) is 0 Å². The molecule has 1 atom stereocenters. The zero-order valence-corrected chi connectivity index (χ0v) is 12.1. The van der Waals surface area contributed by atoms with Gasteiger partial charge in [0.25, 0.3) is 5.95 Å². The largest absolute Gasteiger partial charge is 0.480 e. The number of benzene rings is 1. The molecule has 2 N–H and O–H groups in total. The number of carboxylic acids is 1. The molecule has 5 heteroatoms. The van der Waals surface area contributed by atoms with Gasteiger partial charge >= 0.3 is 5.97 Å². The molecular formula is C16H19NO4. The van der Waals surface area contributed by atoms with Crippen LogP contribution < -0.4 is 10.1 Å². The predicted octanol–water partition coefficient (Wildman–Crippen LogP) is 3.27. The maximum atomic E-state index is 11.1. The van der Waals surface area contributed by atoms with Crippen molar-refractivity contribution in [1.82, 2.24) is 5.32 Å². The van der Waals surface area contributed by atoms with Crippen LogP contribution in [0.4, 0.5) is 0 Å². The van der Waals surface area contributed by atoms with Gasteiger partial charge in [0.05, 0.1) is 6.54 Å². The molecular weight excluding hydrogens is 270 g/mol. The fraction of sp³-hybridized carbons (Fsp3) is 0.312. The molecule has 0 radical (unpaired) electrons. The van der Waals surface area contributed by atoms with E-state index in [1.165, 1.54) is 0 Å². The van der Waals surface area contributed by atoms with Gasteiger partial charge in [-0.1, -0.05) is 32.0 Å². The van der Waals surface area contributed by atoms with Crippen LogP contribution in [0.5, 0.6) is 11.7 Å². The minimum atomic E-state index is -0.864. The fourth-order valence-corrected chi connectivity index (χ4v) is 1.93. The molecule has 0 saturated carbocycles. The standard InChI is InChI=1S/C16H19NO4/c1-11(2)15(16(18)19)17-10-13-8-9-14(21-13)20-12-6-4-3-5-7-12/h3-9,11,15,17H,10H2,1-2H3,(H,18,19)/t15-/m1/s1. The second kappa shape index (κ2) is 6.95. The first-order chi connectivity index (χ1) is 10.1. The Bertz CT molecular complexity index is 577. The van der Waals surface area contributed by atoms with E-state index in [1.807, 2.05) is 44.2 Å². The molecule has 5 nitrogen and oxygen atoms in total. The molecule has 1 heterocycles. The predicted molar refractivity (Wildman–Crippen MR) is 78.3 cm³/mol. The summed E-state index contributed by atoms with van der Waals surface area (Å²) in [6.07, 6.45) is 0. The molecule has 112 valence electrons. The minimum absolute atomic E-state index is 0.00231. The molecule has 0 aliphatic heterocycles. The molecule has 0 spiro atoms. The third-order valence-electron chi connectivity index (χ3n) is 3.03. The van der Waals surface area contributed by atoms with Crippen molar-refractivity contribution in [3.63, 3.8) is 0 Å². The van der Waals surface area contributed by atoms with Crippen LogP contribution in [-0.2, 0) is 11.3 Å². The molecule has 0 amide bonds. The van der Waals surface area contributed by atoms with Gasteiger partial charge in [0.1, 0.15) is 17.6 Å². The summed E-state index contributed by atoms with van der Waals surface area (Å²) in [6.45, 7) is 4.06. The van der Waals surface area contributed by atoms with Crippen molar-refractivity contribution in [2.45, 2.75) is 26.4 Å². The van der Waals surface area contributed by atoms with E-state index in [0.717, 1.165) is 0 Å². The van der Waals surface area contributed by atoms with Crippen molar-refractivity contribution >= 4 is 5.97 Å². The van der Waals surface area contributed by atoms with Gasteiger partial charge in [-0.3, -0.25) is 10.1 Å². The van der Waals surface area contributed by atoms with E-state index in [0.29, 0.717) is 24.0 Å². The van der Waals surface area contributed by atoms with Gasteiger partial charge in [0.2, 0.25) is 0 Å². The van der Waals surface area contributed by atoms with E-state index in [9.17, 15) is 4.79 Å². The van der Waals surface area contributed by atoms with Gasteiger partial charge in [-0.15, -0.1) is 0 Å². The van der Waals surface area contributed by atoms with E-state index >= 15 is 0 Å². The number of furan rings is 1. The SMILES string of the molecule is CC(C)[C@@H](NCc1ccc(Oc2ccccc2)o1)C(=O)O. The van der Waals surface area contributed by atoms with Gasteiger partial charge in [-0.2, -0.15) is 0 Å². The first-order valence-electron chi connectivity index (χ1n) is 6.84. The summed E-state index contributed by atoms with van der Waals surface area (Å²) >= 11 is 0. The molecule has 2 rings (SSSR count). The number of para-hydroxylation sites is 1. The summed E-state index contributed by atoms with van der Waals surface area (Å²) < 4.78 is 11.1. The Morgan fingerprint density at radius 1 is 1.24 bits per heavy atom. The molecule has 21 heavy (non-hydrogen) atoms. The van der Waals surface area contributed by atoms with Crippen molar-refractivity contribution in [2.24, 2.45) is 5.92 Å². The third-order valence-corrected chi connectivity index (χ3v) is 3.03. The van der Waals surface area contributed by atoms with Crippen molar-refractivity contribution < 1.29 is 19.1 Å². The number of rotatable bonds is 7. The summed E-state index contributed by atoms with van der Waals surface area (Å²) in [5, 5.41) is 12.1. The topological polar surface area (TPSA) is 71.7 Å². The number of ether oxygens (including phenoxy) is 1. The minimum Gasteiger partial charge on any atom is -0.480 e. The van der Waals surface area contributed by atoms with Crippen molar-refractivity contribution in [1.29, 1.82) is 0 Å². The normalized spacial score (nSPS) is 12.3. The number of carbonyl (C=O) groups is 1. The smallest absolute Gasteiger partial charge is 0.320 e. The van der Waals surface area contributed by atoms with Gasteiger partial charge in [0.15, 0.2) is 0 Å². The van der Waals surface area contributed by atoms with Crippen LogP contribution in [0.25, 0.3) is 0 Å². The Labute approximate surface area is 123 Å². The lowest BCUT2D eigenvalue weighted by molar-refractivity contribution is -0.140. The summed E-state index contributed by atoms with van der Waals surface area (Å²) in [4.78, 5) is 11.1. The zero-order valence-electron chi connectivity index (χ0n) is 12.1. The van der Waals surface area contributed by atoms with Gasteiger partial charge < -0.3 is 14.3 Å². The number of hydrogen-bond donors (Lipinski definition) is 2. The van der Waals surface area contributed by atoms with E-state index in [-0.39, 0.29) is 5.92 Å². The molecule has 0 saturated heterocycles. The Hall–Kier alpha value is -2.27. The Morgan fingerprint density at radius 2 is 1.95 bits per heavy atom. The maximum absolute atomic E-state index is 11.1. The number of carboxylic acid groups (broad SMARTS) is 1. The Kier molecular flexibility index (Phi) is 5.00. The highest BCUT2D eigenvalue weighted by Gasteiger charge is 2.21. The van der Waals surface area contributed by atoms with Crippen LogP contribution in [0, 0.1) is 5.92 Å². The molecule has 0 aliphatic carbocycles. The molecule has 1 aromatic heterocycles. The summed E-state index contributed by atoms with van der Waals surface area (Å²) in [5.74, 6) is 0.842. The second-order valence-electron chi connectivity index (χ2n) is 5.08. The first kappa shape index (κ1) is 15.1. The van der Waals surface area contributed by atoms with Crippen molar-refractivity contribution in [2.75, 3.05) is 0 Å². The molecule has 1 aromatic carbocycles. The first-order valence-corrected chi connectivity index (χ1v) is 6.84. The van der Waals surface area contributed by atoms with Crippen molar-refractivity contribution in [3.8, 4) is 11.7 Å². The van der Waals surface area contributed by atoms with Crippen LogP contribution in [0.1, 0.15) is 19.6 Å². The molecule has 0 aliphatic rings. The average Bonchev–Trinajstić information content (AvgIpc) is 2.87. The number of aliphatic carboxylic acids is 1. The third kappa shape index (κ3) is 4.36. The Morgan fingerprint density at radius 3 is 2.57 bits per heavy atom. The lowest BCUT2D eigenvalue weighted by atomic mass is 10.1. The van der Waals surface area contributed by atoms with E-state index in [1.54, 1.807) is 12.1 Å². The van der Waals surface area contributed by atoms with E-state index < -0.39 is 12.0 Å². The van der Waals surface area contributed by atoms with E-state index in [2.05, 4.69) is 5.32 Å². The van der Waals surface area contributed by atoms with E-state index in [4.69, 9.17) is 14.3 Å². The fourth-order valence-electron chi connectivity index (χ4n) is 1.93. The summed E-state index contributed by atoms with van der Waals surface area (Å²) in [6, 6.07) is 12.2. The Balaban J connectivity index is 1.93. The van der Waals surface area contributed by atoms with Crippen LogP contribution in [-0.4, -0.2) is 17.1 Å². The monoisotopic (exact) mass is 289 g/mol. The highest BCUT2D eigenvalue weighted by molar-refractivity contribution is 5.73. The van der Waals surface area contributed by atoms with Gasteiger partial charge in [-0.05, 0) is 24.1 Å². The number of nitrogens with one attached hydrogen (secondary N) is 1. The lowest BCUT2D eigenvalue weighted by Gasteiger charge is -2.16. The number of hydrogen-bond acceptors (Lipinski definition) is 4. The average molecular weight is 289 g/mol. The molecule has 0 fully saturated rings. The summed E-state index contributed by atoms with van der Waals surface area (Å²) in [5.41, 5.74) is 0. The van der Waals surface area contributed by atoms with Gasteiger partial charge in [0, 0.05) is 6.07 Å². The maximum Gasteiger partial charge on any atom is 0.320 e. The highest BCUT2D eigenvalue weighted by atomic mass is 16.6.